The van der Waals surface area contributed by atoms with Crippen molar-refractivity contribution in [2.24, 2.45) is 5.41 Å². The summed E-state index contributed by atoms with van der Waals surface area (Å²) < 4.78 is 10.2. The maximum atomic E-state index is 5.11. The maximum Gasteiger partial charge on any atom is 1.00 e. The zero-order chi connectivity index (χ0) is 12.6. The number of methoxy groups -OCH3 is 2. The van der Waals surface area contributed by atoms with E-state index in [4.69, 9.17) is 9.47 Å². The van der Waals surface area contributed by atoms with E-state index < -0.39 is 0 Å². The van der Waals surface area contributed by atoms with Crippen LogP contribution in [0.25, 0.3) is 0 Å². The van der Waals surface area contributed by atoms with Crippen molar-refractivity contribution in [2.45, 2.75) is 13.8 Å². The molecule has 0 aliphatic rings. The number of hydrogen-bond acceptors (Lipinski definition) is 3. The summed E-state index contributed by atoms with van der Waals surface area (Å²) in [6, 6.07) is 0. The summed E-state index contributed by atoms with van der Waals surface area (Å²) in [5, 5.41) is 0. The van der Waals surface area contributed by atoms with Crippen LogP contribution >= 0.6 is 0 Å². The fraction of sp³-hybridized carbons (Fsp3) is 0.769. The molecule has 0 radical (unpaired) electrons. The SMILES string of the molecule is C=C([CH2-])C(C)(C)CN(CCOC)CCOC.[Li+]. The Morgan fingerprint density at radius 3 is 1.88 bits per heavy atom. The third kappa shape index (κ3) is 8.76. The average Bonchev–Trinajstić information content (AvgIpc) is 2.21. The van der Waals surface area contributed by atoms with Gasteiger partial charge < -0.3 is 9.47 Å². The zero-order valence-corrected chi connectivity index (χ0v) is 12.2. The molecule has 0 aromatic heterocycles. The molecule has 0 aromatic rings. The van der Waals surface area contributed by atoms with Crippen LogP contribution in [0.4, 0.5) is 0 Å². The maximum absolute atomic E-state index is 5.11. The zero-order valence-electron chi connectivity index (χ0n) is 12.2. The largest absolute Gasteiger partial charge is 1.00 e. The van der Waals surface area contributed by atoms with Gasteiger partial charge in [0.05, 0.1) is 13.2 Å². The van der Waals surface area contributed by atoms with Crippen LogP contribution in [0.3, 0.4) is 0 Å². The smallest absolute Gasteiger partial charge is 0.383 e. The van der Waals surface area contributed by atoms with Gasteiger partial charge in [-0.1, -0.05) is 13.8 Å². The van der Waals surface area contributed by atoms with Gasteiger partial charge in [0.15, 0.2) is 0 Å². The number of ether oxygens (including phenoxy) is 2. The molecule has 0 N–H and O–H groups in total. The van der Waals surface area contributed by atoms with E-state index in [-0.39, 0.29) is 24.3 Å². The molecule has 0 aromatic carbocycles. The summed E-state index contributed by atoms with van der Waals surface area (Å²) in [6.45, 7) is 16.4. The average molecular weight is 235 g/mol. The van der Waals surface area contributed by atoms with Crippen LogP contribution in [0.1, 0.15) is 13.8 Å². The van der Waals surface area contributed by atoms with Gasteiger partial charge in [0.2, 0.25) is 0 Å². The number of hydrogen-bond donors (Lipinski definition) is 0. The van der Waals surface area contributed by atoms with Gasteiger partial charge in [-0.15, -0.1) is 0 Å². The predicted octanol–water partition coefficient (Wildman–Crippen LogP) is -0.998. The normalized spacial score (nSPS) is 11.4. The second-order valence-corrected chi connectivity index (χ2v) is 4.75. The van der Waals surface area contributed by atoms with Crippen molar-refractivity contribution >= 4 is 0 Å². The molecule has 17 heavy (non-hydrogen) atoms. The molecule has 96 valence electrons. The molecule has 0 rings (SSSR count). The van der Waals surface area contributed by atoms with Gasteiger partial charge in [-0.25, -0.2) is 19.1 Å². The topological polar surface area (TPSA) is 21.7 Å². The van der Waals surface area contributed by atoms with Crippen LogP contribution in [-0.4, -0.2) is 52.0 Å². The summed E-state index contributed by atoms with van der Waals surface area (Å²) in [4.78, 5) is 2.32. The minimum absolute atomic E-state index is 0. The van der Waals surface area contributed by atoms with Crippen LogP contribution in [0.5, 0.6) is 0 Å². The van der Waals surface area contributed by atoms with Crippen LogP contribution in [0.2, 0.25) is 0 Å². The molecule has 0 aliphatic carbocycles. The van der Waals surface area contributed by atoms with Gasteiger partial charge >= 0.3 is 18.9 Å². The molecule has 3 nitrogen and oxygen atoms in total. The number of rotatable bonds is 9. The predicted molar refractivity (Wildman–Crippen MR) is 68.5 cm³/mol. The molecule has 0 amide bonds. The van der Waals surface area contributed by atoms with Crippen molar-refractivity contribution in [3.8, 4) is 0 Å². The first-order valence-electron chi connectivity index (χ1n) is 5.65. The van der Waals surface area contributed by atoms with Gasteiger partial charge in [0, 0.05) is 33.9 Å². The van der Waals surface area contributed by atoms with E-state index in [0.717, 1.165) is 38.4 Å². The van der Waals surface area contributed by atoms with E-state index in [9.17, 15) is 0 Å². The Balaban J connectivity index is 0. The minimum Gasteiger partial charge on any atom is -0.383 e. The van der Waals surface area contributed by atoms with Gasteiger partial charge in [0.25, 0.3) is 0 Å². The first kappa shape index (κ1) is 19.4. The van der Waals surface area contributed by atoms with Crippen molar-refractivity contribution < 1.29 is 28.3 Å². The van der Waals surface area contributed by atoms with E-state index in [1.165, 1.54) is 0 Å². The number of nitrogens with zero attached hydrogens (tertiary/aromatic N) is 1. The molecule has 0 atom stereocenters. The summed E-state index contributed by atoms with van der Waals surface area (Å²) in [5.41, 5.74) is 0.994. The van der Waals surface area contributed by atoms with Crippen molar-refractivity contribution in [2.75, 3.05) is 47.1 Å². The van der Waals surface area contributed by atoms with E-state index >= 15 is 0 Å². The Morgan fingerprint density at radius 2 is 1.59 bits per heavy atom. The van der Waals surface area contributed by atoms with E-state index in [1.54, 1.807) is 14.2 Å². The van der Waals surface area contributed by atoms with Crippen molar-refractivity contribution in [1.82, 2.24) is 4.90 Å². The quantitative estimate of drug-likeness (QED) is 0.378. The second kappa shape index (κ2) is 10.1. The Hall–Kier alpha value is 0.0874. The first-order valence-corrected chi connectivity index (χ1v) is 5.65. The molecular formula is C13H26LiNO2. The monoisotopic (exact) mass is 235 g/mol. The van der Waals surface area contributed by atoms with E-state index in [2.05, 4.69) is 32.3 Å². The third-order valence-corrected chi connectivity index (χ3v) is 2.80. The minimum atomic E-state index is 0. The Labute approximate surface area is 119 Å². The molecule has 0 unspecified atom stereocenters. The standard InChI is InChI=1S/C13H26NO2.Li/c1-12(2)13(3,4)11-14(7-9-15-5)8-10-16-6;/h1-2,7-11H2,3-6H3;/q-1;+1. The Bertz CT molecular complexity index is 200. The fourth-order valence-electron chi connectivity index (χ4n) is 1.38. The summed E-state index contributed by atoms with van der Waals surface area (Å²) in [5.74, 6) is 0. The first-order chi connectivity index (χ1) is 7.44. The Kier molecular flexibility index (Phi) is 11.5. The third-order valence-electron chi connectivity index (χ3n) is 2.80. The van der Waals surface area contributed by atoms with Crippen LogP contribution in [-0.2, 0) is 9.47 Å². The van der Waals surface area contributed by atoms with Crippen molar-refractivity contribution in [3.63, 3.8) is 0 Å². The van der Waals surface area contributed by atoms with E-state index in [1.807, 2.05) is 0 Å². The summed E-state index contributed by atoms with van der Waals surface area (Å²) in [6.07, 6.45) is 0. The molecule has 0 spiro atoms. The van der Waals surface area contributed by atoms with Crippen molar-refractivity contribution in [3.05, 3.63) is 19.1 Å². The molecule has 0 saturated carbocycles. The Morgan fingerprint density at radius 1 is 1.18 bits per heavy atom. The molecule has 0 aliphatic heterocycles. The molecule has 0 bridgehead atoms. The van der Waals surface area contributed by atoms with Crippen LogP contribution < -0.4 is 18.9 Å². The molecule has 0 heterocycles. The van der Waals surface area contributed by atoms with Gasteiger partial charge in [-0.3, -0.25) is 4.90 Å². The van der Waals surface area contributed by atoms with Gasteiger partial charge in [0.1, 0.15) is 0 Å². The summed E-state index contributed by atoms with van der Waals surface area (Å²) in [7, 11) is 3.44. The molecule has 4 heteroatoms. The van der Waals surface area contributed by atoms with Gasteiger partial charge in [-0.2, -0.15) is 0 Å². The second-order valence-electron chi connectivity index (χ2n) is 4.75. The molecule has 0 saturated heterocycles. The van der Waals surface area contributed by atoms with Crippen LogP contribution in [0, 0.1) is 12.3 Å². The molecular weight excluding hydrogens is 209 g/mol. The van der Waals surface area contributed by atoms with Crippen molar-refractivity contribution in [1.29, 1.82) is 0 Å². The summed E-state index contributed by atoms with van der Waals surface area (Å²) >= 11 is 0. The van der Waals surface area contributed by atoms with Crippen LogP contribution in [0.15, 0.2) is 12.2 Å². The van der Waals surface area contributed by atoms with E-state index in [0.29, 0.717) is 0 Å². The molecule has 0 fully saturated rings. The van der Waals surface area contributed by atoms with Gasteiger partial charge in [-0.05, 0) is 5.41 Å². The fourth-order valence-corrected chi connectivity index (χ4v) is 1.38.